The van der Waals surface area contributed by atoms with Gasteiger partial charge in [0.1, 0.15) is 5.76 Å². The van der Waals surface area contributed by atoms with E-state index in [-0.39, 0.29) is 40.2 Å². The zero-order chi connectivity index (χ0) is 15.9. The molecule has 2 saturated heterocycles. The molecule has 2 bridgehead atoms. The monoisotopic (exact) mass is 457 g/mol. The van der Waals surface area contributed by atoms with Gasteiger partial charge in [-0.15, -0.1) is 17.0 Å². The standard InChI is InChI=1S/C18H20BrNO3.BrH/c1-20-6-5-18-14-9-3-4-13(22-2)16(14)23-17(18)12(21)8-10(19)15(18)11(20)7-9;/h3-4,8-9,11,14-15,17H,5-7H2,1-2H3;1H/t9?,11-,14?,15+,17+,18-;/m1./s1. The van der Waals surface area contributed by atoms with E-state index in [1.54, 1.807) is 13.2 Å². The molecule has 5 rings (SSSR count). The molecule has 2 heterocycles. The first kappa shape index (κ1) is 16.9. The number of ether oxygens (including phenoxy) is 2. The number of allylic oxidation sites excluding steroid dienone is 3. The lowest BCUT2D eigenvalue weighted by Crippen LogP contribution is -2.65. The van der Waals surface area contributed by atoms with Crippen molar-refractivity contribution in [2.45, 2.75) is 25.0 Å². The summed E-state index contributed by atoms with van der Waals surface area (Å²) < 4.78 is 12.9. The molecule has 1 saturated carbocycles. The number of likely N-dealkylation sites (tertiary alicyclic amines) is 1. The minimum Gasteiger partial charge on any atom is -0.493 e. The van der Waals surface area contributed by atoms with E-state index in [9.17, 15) is 4.79 Å². The summed E-state index contributed by atoms with van der Waals surface area (Å²) in [5.41, 5.74) is -0.116. The Hall–Kier alpha value is -0.590. The summed E-state index contributed by atoms with van der Waals surface area (Å²) in [7, 11) is 3.90. The van der Waals surface area contributed by atoms with Crippen molar-refractivity contribution in [1.82, 2.24) is 4.90 Å². The zero-order valence-electron chi connectivity index (χ0n) is 13.7. The van der Waals surface area contributed by atoms with Crippen LogP contribution < -0.4 is 0 Å². The van der Waals surface area contributed by atoms with Crippen LogP contribution in [0.2, 0.25) is 0 Å². The Morgan fingerprint density at radius 3 is 2.96 bits per heavy atom. The third-order valence-electron chi connectivity index (χ3n) is 6.76. The Morgan fingerprint density at radius 1 is 1.42 bits per heavy atom. The molecule has 2 unspecified atom stereocenters. The number of methoxy groups -OCH3 is 1. The predicted octanol–water partition coefficient (Wildman–Crippen LogP) is 3.20. The van der Waals surface area contributed by atoms with Gasteiger partial charge in [0.05, 0.1) is 7.11 Å². The van der Waals surface area contributed by atoms with Gasteiger partial charge in [0, 0.05) is 27.8 Å². The van der Waals surface area contributed by atoms with E-state index < -0.39 is 0 Å². The van der Waals surface area contributed by atoms with Crippen LogP contribution in [0.1, 0.15) is 12.8 Å². The largest absolute Gasteiger partial charge is 0.493 e. The van der Waals surface area contributed by atoms with Crippen LogP contribution in [0.4, 0.5) is 0 Å². The highest BCUT2D eigenvalue weighted by Gasteiger charge is 2.71. The van der Waals surface area contributed by atoms with Crippen molar-refractivity contribution < 1.29 is 14.3 Å². The van der Waals surface area contributed by atoms with E-state index in [4.69, 9.17) is 9.47 Å². The number of halogens is 2. The van der Waals surface area contributed by atoms with Gasteiger partial charge >= 0.3 is 0 Å². The molecule has 3 aliphatic carbocycles. The van der Waals surface area contributed by atoms with Gasteiger partial charge in [-0.1, -0.05) is 22.0 Å². The second-order valence-corrected chi connectivity index (χ2v) is 8.40. The fraction of sp³-hybridized carbons (Fsp3) is 0.611. The van der Waals surface area contributed by atoms with E-state index in [0.29, 0.717) is 17.9 Å². The fourth-order valence-corrected chi connectivity index (χ4v) is 6.87. The first-order chi connectivity index (χ1) is 11.1. The Labute approximate surface area is 160 Å². The van der Waals surface area contributed by atoms with Crippen LogP contribution in [0.15, 0.2) is 34.2 Å². The summed E-state index contributed by atoms with van der Waals surface area (Å²) in [5, 5.41) is 0. The molecule has 0 amide bonds. The molecule has 0 aromatic rings. The first-order valence-corrected chi connectivity index (χ1v) is 9.11. The molecule has 24 heavy (non-hydrogen) atoms. The maximum absolute atomic E-state index is 12.7. The summed E-state index contributed by atoms with van der Waals surface area (Å²) in [4.78, 5) is 15.2. The van der Waals surface area contributed by atoms with Gasteiger partial charge in [-0.3, -0.25) is 4.79 Å². The second-order valence-electron chi connectivity index (χ2n) is 7.49. The molecule has 0 radical (unpaired) electrons. The predicted molar refractivity (Wildman–Crippen MR) is 98.9 cm³/mol. The van der Waals surface area contributed by atoms with E-state index >= 15 is 0 Å². The quantitative estimate of drug-likeness (QED) is 0.604. The first-order valence-electron chi connectivity index (χ1n) is 8.32. The highest BCUT2D eigenvalue weighted by atomic mass is 79.9. The molecule has 2 aliphatic heterocycles. The Morgan fingerprint density at radius 2 is 2.21 bits per heavy atom. The molecular weight excluding hydrogens is 438 g/mol. The molecule has 4 nitrogen and oxygen atoms in total. The van der Waals surface area contributed by atoms with E-state index in [1.165, 1.54) is 0 Å². The Balaban J connectivity index is 0.00000146. The average Bonchev–Trinajstić information content (AvgIpc) is 2.88. The molecule has 1 spiro atoms. The number of rotatable bonds is 1. The molecule has 0 aromatic heterocycles. The molecule has 6 heteroatoms. The molecule has 3 fully saturated rings. The van der Waals surface area contributed by atoms with Gasteiger partial charge in [0.2, 0.25) is 0 Å². The van der Waals surface area contributed by atoms with Gasteiger partial charge in [-0.2, -0.15) is 0 Å². The van der Waals surface area contributed by atoms with Crippen molar-refractivity contribution in [2.75, 3.05) is 20.7 Å². The van der Waals surface area contributed by atoms with Crippen LogP contribution in [0.3, 0.4) is 0 Å². The fourth-order valence-electron chi connectivity index (χ4n) is 5.92. The van der Waals surface area contributed by atoms with Crippen LogP contribution in [0, 0.1) is 23.2 Å². The van der Waals surface area contributed by atoms with Gasteiger partial charge in [0.15, 0.2) is 17.6 Å². The third-order valence-corrected chi connectivity index (χ3v) is 7.48. The molecule has 130 valence electrons. The number of ketones is 1. The molecular formula is C18H21Br2NO3. The number of hydrogen-bond acceptors (Lipinski definition) is 4. The van der Waals surface area contributed by atoms with Crippen molar-refractivity contribution in [1.29, 1.82) is 0 Å². The highest BCUT2D eigenvalue weighted by Crippen LogP contribution is 2.68. The van der Waals surface area contributed by atoms with Crippen molar-refractivity contribution in [3.05, 3.63) is 34.2 Å². The van der Waals surface area contributed by atoms with Crippen LogP contribution in [-0.2, 0) is 14.3 Å². The zero-order valence-corrected chi connectivity index (χ0v) is 17.0. The minimum absolute atomic E-state index is 0. The third kappa shape index (κ3) is 1.80. The summed E-state index contributed by atoms with van der Waals surface area (Å²) in [6.07, 6.45) is 7.83. The Bertz CT molecular complexity index is 700. The molecule has 0 aromatic carbocycles. The number of hydrogen-bond donors (Lipinski definition) is 0. The van der Waals surface area contributed by atoms with Crippen LogP contribution in [0.25, 0.3) is 0 Å². The lowest BCUT2D eigenvalue weighted by molar-refractivity contribution is -0.141. The van der Waals surface area contributed by atoms with Crippen molar-refractivity contribution in [3.63, 3.8) is 0 Å². The maximum Gasteiger partial charge on any atom is 0.197 e. The van der Waals surface area contributed by atoms with Crippen molar-refractivity contribution in [3.8, 4) is 0 Å². The second kappa shape index (κ2) is 5.45. The average molecular weight is 459 g/mol. The topological polar surface area (TPSA) is 38.8 Å². The van der Waals surface area contributed by atoms with E-state index in [1.807, 2.05) is 6.08 Å². The lowest BCUT2D eigenvalue weighted by Gasteiger charge is -2.60. The van der Waals surface area contributed by atoms with Gasteiger partial charge < -0.3 is 14.4 Å². The van der Waals surface area contributed by atoms with Gasteiger partial charge in [0.25, 0.3) is 0 Å². The van der Waals surface area contributed by atoms with Crippen LogP contribution >= 0.6 is 32.9 Å². The number of nitrogens with zero attached hydrogens (tertiary/aromatic N) is 1. The van der Waals surface area contributed by atoms with Crippen LogP contribution in [0.5, 0.6) is 0 Å². The highest BCUT2D eigenvalue weighted by molar-refractivity contribution is 9.11. The van der Waals surface area contributed by atoms with Crippen molar-refractivity contribution in [2.24, 2.45) is 23.2 Å². The van der Waals surface area contributed by atoms with Crippen LogP contribution in [-0.4, -0.2) is 43.5 Å². The summed E-state index contributed by atoms with van der Waals surface area (Å²) in [6, 6.07) is 0.461. The summed E-state index contributed by atoms with van der Waals surface area (Å²) in [5.74, 6) is 2.87. The number of carbonyl (C=O) groups is 1. The SMILES string of the molecule is Br.COC1=C2O[C@H]3C(=O)C=C(Br)[C@H]4[C@H]5CC(C=C1)C2[C@@]34CCN5C. The Kier molecular flexibility index (Phi) is 3.83. The van der Waals surface area contributed by atoms with E-state index in [2.05, 4.69) is 34.0 Å². The lowest BCUT2D eigenvalue weighted by atomic mass is 9.48. The summed E-state index contributed by atoms with van der Waals surface area (Å²) in [6.45, 7) is 1.02. The maximum atomic E-state index is 12.7. The number of carbonyl (C=O) groups excluding carboxylic acids is 1. The van der Waals surface area contributed by atoms with Gasteiger partial charge in [-0.25, -0.2) is 0 Å². The molecule has 6 atom stereocenters. The van der Waals surface area contributed by atoms with Crippen molar-refractivity contribution >= 4 is 38.7 Å². The molecule has 0 N–H and O–H groups in total. The minimum atomic E-state index is -0.349. The normalized spacial score (nSPS) is 45.2. The van der Waals surface area contributed by atoms with E-state index in [0.717, 1.165) is 35.4 Å². The summed E-state index contributed by atoms with van der Waals surface area (Å²) >= 11 is 3.74. The number of piperidine rings is 1. The van der Waals surface area contributed by atoms with Gasteiger partial charge in [-0.05, 0) is 44.5 Å². The smallest absolute Gasteiger partial charge is 0.197 e. The molecule has 5 aliphatic rings.